The molecule has 0 atom stereocenters. The van der Waals surface area contributed by atoms with Crippen LogP contribution >= 0.6 is 0 Å². The Morgan fingerprint density at radius 1 is 1.14 bits per heavy atom. The summed E-state index contributed by atoms with van der Waals surface area (Å²) < 4.78 is 0. The fourth-order valence-corrected chi connectivity index (χ4v) is 1.52. The summed E-state index contributed by atoms with van der Waals surface area (Å²) in [6, 6.07) is 13.1. The number of carbonyl (C=O) groups excluding carboxylic acids is 1. The number of hydrogen-bond donors (Lipinski definition) is 0. The summed E-state index contributed by atoms with van der Waals surface area (Å²) in [6.45, 7) is 0. The van der Waals surface area contributed by atoms with Gasteiger partial charge in [0.2, 0.25) is 0 Å². The molecular weight excluding hydrogens is 174 g/mol. The summed E-state index contributed by atoms with van der Waals surface area (Å²) in [5, 5.41) is 10.6. The van der Waals surface area contributed by atoms with Crippen LogP contribution < -0.4 is 0 Å². The number of hydrogen-bond acceptors (Lipinski definition) is 2. The van der Waals surface area contributed by atoms with Crippen LogP contribution in [-0.2, 0) is 0 Å². The monoisotopic (exact) mass is 181 g/mol. The number of nitrogens with zero attached hydrogens (tertiary/aromatic N) is 1. The SMILES string of the molecule is N#Cc1ccc2ccccc2c1C=O. The topological polar surface area (TPSA) is 40.9 Å². The Labute approximate surface area is 81.4 Å². The largest absolute Gasteiger partial charge is 0.298 e. The van der Waals surface area contributed by atoms with Crippen LogP contribution in [0.5, 0.6) is 0 Å². The van der Waals surface area contributed by atoms with Crippen molar-refractivity contribution in [1.29, 1.82) is 5.26 Å². The third-order valence-corrected chi connectivity index (χ3v) is 2.21. The summed E-state index contributed by atoms with van der Waals surface area (Å²) in [5.41, 5.74) is 0.907. The van der Waals surface area contributed by atoms with Crippen molar-refractivity contribution in [3.05, 3.63) is 47.5 Å². The molecule has 2 heteroatoms. The molecular formula is C12H7NO. The lowest BCUT2D eigenvalue weighted by molar-refractivity contribution is 0.112. The molecule has 2 nitrogen and oxygen atoms in total. The van der Waals surface area contributed by atoms with E-state index in [-0.39, 0.29) is 0 Å². The predicted octanol–water partition coefficient (Wildman–Crippen LogP) is 2.52. The lowest BCUT2D eigenvalue weighted by Crippen LogP contribution is -1.89. The first-order valence-electron chi connectivity index (χ1n) is 4.24. The Hall–Kier alpha value is -2.14. The molecule has 66 valence electrons. The van der Waals surface area contributed by atoms with Gasteiger partial charge >= 0.3 is 0 Å². The van der Waals surface area contributed by atoms with Gasteiger partial charge in [-0.2, -0.15) is 5.26 Å². The molecule has 0 saturated heterocycles. The number of fused-ring (bicyclic) bond motifs is 1. The van der Waals surface area contributed by atoms with E-state index < -0.39 is 0 Å². The number of aldehydes is 1. The Morgan fingerprint density at radius 3 is 2.64 bits per heavy atom. The van der Waals surface area contributed by atoms with Gasteiger partial charge in [0, 0.05) is 5.56 Å². The molecule has 0 aliphatic heterocycles. The van der Waals surface area contributed by atoms with E-state index in [0.717, 1.165) is 17.1 Å². The van der Waals surface area contributed by atoms with Crippen molar-refractivity contribution >= 4 is 17.1 Å². The molecule has 0 fully saturated rings. The normalized spacial score (nSPS) is 9.64. The van der Waals surface area contributed by atoms with Crippen LogP contribution in [0, 0.1) is 11.3 Å². The average Bonchev–Trinajstić information content (AvgIpc) is 2.27. The first-order chi connectivity index (χ1) is 6.86. The Morgan fingerprint density at radius 2 is 1.93 bits per heavy atom. The fourth-order valence-electron chi connectivity index (χ4n) is 1.52. The van der Waals surface area contributed by atoms with Crippen LogP contribution in [0.1, 0.15) is 15.9 Å². The van der Waals surface area contributed by atoms with Gasteiger partial charge in [0.1, 0.15) is 0 Å². The van der Waals surface area contributed by atoms with E-state index in [4.69, 9.17) is 5.26 Å². The van der Waals surface area contributed by atoms with E-state index >= 15 is 0 Å². The second kappa shape index (κ2) is 3.31. The molecule has 0 heterocycles. The number of benzene rings is 2. The van der Waals surface area contributed by atoms with Gasteiger partial charge < -0.3 is 0 Å². The van der Waals surface area contributed by atoms with Gasteiger partial charge in [-0.25, -0.2) is 0 Å². The smallest absolute Gasteiger partial charge is 0.152 e. The minimum absolute atomic E-state index is 0.429. The molecule has 0 saturated carbocycles. The van der Waals surface area contributed by atoms with Crippen molar-refractivity contribution in [2.24, 2.45) is 0 Å². The quantitative estimate of drug-likeness (QED) is 0.634. The Balaban J connectivity index is 2.92. The molecule has 0 amide bonds. The van der Waals surface area contributed by atoms with Gasteiger partial charge in [-0.1, -0.05) is 30.3 Å². The molecule has 14 heavy (non-hydrogen) atoms. The van der Waals surface area contributed by atoms with Crippen molar-refractivity contribution in [2.75, 3.05) is 0 Å². The lowest BCUT2D eigenvalue weighted by atomic mass is 10.0. The van der Waals surface area contributed by atoms with Gasteiger partial charge in [0.15, 0.2) is 6.29 Å². The Bertz CT molecular complexity index is 538. The van der Waals surface area contributed by atoms with Crippen molar-refractivity contribution in [2.45, 2.75) is 0 Å². The summed E-state index contributed by atoms with van der Waals surface area (Å²) in [5.74, 6) is 0. The highest BCUT2D eigenvalue weighted by Gasteiger charge is 2.04. The van der Waals surface area contributed by atoms with Crippen molar-refractivity contribution < 1.29 is 4.79 Å². The fraction of sp³-hybridized carbons (Fsp3) is 0. The minimum atomic E-state index is 0.429. The van der Waals surface area contributed by atoms with Gasteiger partial charge in [-0.05, 0) is 16.8 Å². The van der Waals surface area contributed by atoms with Crippen LogP contribution in [-0.4, -0.2) is 6.29 Å². The van der Waals surface area contributed by atoms with Crippen LogP contribution in [0.25, 0.3) is 10.8 Å². The maximum absolute atomic E-state index is 10.8. The molecule has 0 unspecified atom stereocenters. The molecule has 0 aromatic heterocycles. The third kappa shape index (κ3) is 1.16. The van der Waals surface area contributed by atoms with E-state index in [9.17, 15) is 4.79 Å². The summed E-state index contributed by atoms with van der Waals surface area (Å²) in [7, 11) is 0. The average molecular weight is 181 g/mol. The van der Waals surface area contributed by atoms with Gasteiger partial charge in [-0.3, -0.25) is 4.79 Å². The molecule has 0 aliphatic rings. The summed E-state index contributed by atoms with van der Waals surface area (Å²) in [4.78, 5) is 10.8. The molecule has 0 bridgehead atoms. The Kier molecular flexibility index (Phi) is 2.00. The van der Waals surface area contributed by atoms with Crippen molar-refractivity contribution in [1.82, 2.24) is 0 Å². The molecule has 2 rings (SSSR count). The molecule has 0 spiro atoms. The second-order valence-electron chi connectivity index (χ2n) is 2.98. The van der Waals surface area contributed by atoms with E-state index in [0.29, 0.717) is 11.1 Å². The second-order valence-corrected chi connectivity index (χ2v) is 2.98. The third-order valence-electron chi connectivity index (χ3n) is 2.21. The van der Waals surface area contributed by atoms with Gasteiger partial charge in [0.05, 0.1) is 11.6 Å². The molecule has 2 aromatic rings. The highest BCUT2D eigenvalue weighted by molar-refractivity contribution is 6.00. The zero-order chi connectivity index (χ0) is 9.97. The standard InChI is InChI=1S/C12H7NO/c13-7-10-6-5-9-3-1-2-4-11(9)12(10)8-14/h1-6,8H. The predicted molar refractivity (Wildman–Crippen MR) is 54.1 cm³/mol. The first-order valence-corrected chi connectivity index (χ1v) is 4.24. The number of nitriles is 1. The molecule has 0 aliphatic carbocycles. The highest BCUT2D eigenvalue weighted by atomic mass is 16.1. The molecule has 0 N–H and O–H groups in total. The zero-order valence-corrected chi connectivity index (χ0v) is 7.40. The van der Waals surface area contributed by atoms with Crippen LogP contribution in [0.4, 0.5) is 0 Å². The molecule has 2 aromatic carbocycles. The van der Waals surface area contributed by atoms with Crippen LogP contribution in [0.3, 0.4) is 0 Å². The number of rotatable bonds is 1. The highest BCUT2D eigenvalue weighted by Crippen LogP contribution is 2.20. The summed E-state index contributed by atoms with van der Waals surface area (Å²) >= 11 is 0. The zero-order valence-electron chi connectivity index (χ0n) is 7.40. The lowest BCUT2D eigenvalue weighted by Gasteiger charge is -2.01. The van der Waals surface area contributed by atoms with Crippen LogP contribution in [0.2, 0.25) is 0 Å². The van der Waals surface area contributed by atoms with Crippen molar-refractivity contribution in [3.63, 3.8) is 0 Å². The van der Waals surface area contributed by atoms with E-state index in [1.165, 1.54) is 0 Å². The molecule has 0 radical (unpaired) electrons. The van der Waals surface area contributed by atoms with Gasteiger partial charge in [0.25, 0.3) is 0 Å². The van der Waals surface area contributed by atoms with E-state index in [1.807, 2.05) is 36.4 Å². The van der Waals surface area contributed by atoms with Gasteiger partial charge in [-0.15, -0.1) is 0 Å². The van der Waals surface area contributed by atoms with E-state index in [1.54, 1.807) is 6.07 Å². The maximum atomic E-state index is 10.8. The minimum Gasteiger partial charge on any atom is -0.298 e. The first kappa shape index (κ1) is 8.46. The maximum Gasteiger partial charge on any atom is 0.152 e. The van der Waals surface area contributed by atoms with Crippen LogP contribution in [0.15, 0.2) is 36.4 Å². The summed E-state index contributed by atoms with van der Waals surface area (Å²) in [6.07, 6.45) is 0.737. The number of carbonyl (C=O) groups is 1. The van der Waals surface area contributed by atoms with E-state index in [2.05, 4.69) is 0 Å². The van der Waals surface area contributed by atoms with Crippen molar-refractivity contribution in [3.8, 4) is 6.07 Å².